The van der Waals surface area contributed by atoms with Gasteiger partial charge in [0.15, 0.2) is 0 Å². The molecule has 0 N–H and O–H groups in total. The fourth-order valence-electron chi connectivity index (χ4n) is 11.3. The molecule has 0 atom stereocenters. The Morgan fingerprint density at radius 1 is 0.438 bits per heavy atom. The zero-order chi connectivity index (χ0) is 30.6. The second kappa shape index (κ2) is 7.53. The van der Waals surface area contributed by atoms with Gasteiger partial charge in [0.05, 0.1) is 11.0 Å². The highest BCUT2D eigenvalue weighted by Crippen LogP contribution is 2.49. The van der Waals surface area contributed by atoms with Gasteiger partial charge in [-0.2, -0.15) is 0 Å². The number of nitrogens with zero attached hydrogens (tertiary/aromatic N) is 2. The highest BCUT2D eigenvalue weighted by Gasteiger charge is 2.51. The van der Waals surface area contributed by atoms with Crippen LogP contribution in [-0.2, 0) is 12.8 Å². The van der Waals surface area contributed by atoms with Crippen LogP contribution in [0.2, 0.25) is 0 Å². The van der Waals surface area contributed by atoms with E-state index in [-0.39, 0.29) is 13.4 Å². The van der Waals surface area contributed by atoms with Gasteiger partial charge >= 0.3 is 0 Å². The van der Waals surface area contributed by atoms with Gasteiger partial charge in [-0.15, -0.1) is 0 Å². The molecule has 0 bridgehead atoms. The van der Waals surface area contributed by atoms with Gasteiger partial charge in [0, 0.05) is 56.8 Å². The summed E-state index contributed by atoms with van der Waals surface area (Å²) in [4.78, 5) is 0. The summed E-state index contributed by atoms with van der Waals surface area (Å²) in [5, 5.41) is 5.61. The first-order valence-corrected chi connectivity index (χ1v) is 17.4. The number of benzene rings is 7. The summed E-state index contributed by atoms with van der Waals surface area (Å²) in [6.45, 7) is 0.393. The lowest BCUT2D eigenvalue weighted by molar-refractivity contribution is 1.01. The Bertz CT molecular complexity index is 2850. The van der Waals surface area contributed by atoms with Crippen molar-refractivity contribution >= 4 is 89.8 Å². The molecule has 4 heteroatoms. The molecule has 5 aliphatic rings. The quantitative estimate of drug-likeness (QED) is 0.242. The smallest absolute Gasteiger partial charge is 0.253 e. The average molecular weight is 602 g/mol. The maximum absolute atomic E-state index is 2.75. The maximum Gasteiger partial charge on any atom is 0.253 e. The van der Waals surface area contributed by atoms with Crippen LogP contribution in [0.1, 0.15) is 22.3 Å². The second-order valence-corrected chi connectivity index (χ2v) is 14.7. The van der Waals surface area contributed by atoms with Crippen molar-refractivity contribution in [3.8, 4) is 22.5 Å². The van der Waals surface area contributed by atoms with Crippen molar-refractivity contribution in [3.05, 3.63) is 144 Å². The van der Waals surface area contributed by atoms with Gasteiger partial charge in [0.2, 0.25) is 6.71 Å². The monoisotopic (exact) mass is 602 g/mol. The van der Waals surface area contributed by atoms with Gasteiger partial charge in [-0.05, 0) is 49.8 Å². The number of hydrogen-bond acceptors (Lipinski definition) is 0. The zero-order valence-electron chi connectivity index (χ0n) is 26.0. The molecule has 0 saturated carbocycles. The van der Waals surface area contributed by atoms with E-state index in [9.17, 15) is 0 Å². The molecule has 0 radical (unpaired) electrons. The first-order valence-electron chi connectivity index (χ1n) is 17.4. The second-order valence-electron chi connectivity index (χ2n) is 14.7. The Kier molecular flexibility index (Phi) is 3.70. The third-order valence-electron chi connectivity index (χ3n) is 12.8. The molecule has 0 unspecified atom stereocenters. The highest BCUT2D eigenvalue weighted by atomic mass is 15.1. The molecule has 2 nitrogen and oxygen atoms in total. The van der Waals surface area contributed by atoms with Gasteiger partial charge in [-0.25, -0.2) is 0 Å². The molecular formula is C44H24B2N2. The summed E-state index contributed by atoms with van der Waals surface area (Å²) in [6, 6.07) is 46.5. The van der Waals surface area contributed by atoms with Crippen molar-refractivity contribution in [2.45, 2.75) is 12.8 Å². The van der Waals surface area contributed by atoms with Crippen molar-refractivity contribution in [2.75, 3.05) is 0 Å². The molecule has 0 spiro atoms. The summed E-state index contributed by atoms with van der Waals surface area (Å²) >= 11 is 0. The van der Waals surface area contributed by atoms with Gasteiger partial charge in [0.1, 0.15) is 0 Å². The lowest BCUT2D eigenvalue weighted by Crippen LogP contribution is -2.62. The molecule has 5 aliphatic heterocycles. The number of para-hydroxylation sites is 2. The maximum atomic E-state index is 2.75. The van der Waals surface area contributed by atoms with E-state index in [2.05, 4.69) is 130 Å². The molecule has 7 heterocycles. The Morgan fingerprint density at radius 3 is 1.42 bits per heavy atom. The molecule has 0 saturated heterocycles. The van der Waals surface area contributed by atoms with E-state index < -0.39 is 0 Å². The minimum atomic E-state index is 0.126. The van der Waals surface area contributed by atoms with Crippen molar-refractivity contribution in [3.63, 3.8) is 0 Å². The molecule has 2 aromatic heterocycles. The Morgan fingerprint density at radius 2 is 0.917 bits per heavy atom. The Hall–Kier alpha value is -5.73. The SMILES string of the molecule is c1ccc(B(c2ccccc2)c2c3c4c5c6c2Cc2cccc7c8ccc9c(c8n-6c27)B5c2c-9ccc5c6cccc(c6n-4c25)C3)cc1. The van der Waals surface area contributed by atoms with E-state index in [4.69, 9.17) is 0 Å². The third-order valence-corrected chi connectivity index (χ3v) is 12.8. The van der Waals surface area contributed by atoms with Crippen molar-refractivity contribution in [1.29, 1.82) is 0 Å². The summed E-state index contributed by atoms with van der Waals surface area (Å²) in [5.41, 5.74) is 26.4. The van der Waals surface area contributed by atoms with Crippen LogP contribution >= 0.6 is 0 Å². The average Bonchev–Trinajstić information content (AvgIpc) is 3.78. The molecule has 0 amide bonds. The number of fused-ring (bicyclic) bond motifs is 3. The minimum absolute atomic E-state index is 0.126. The van der Waals surface area contributed by atoms with E-state index in [1.54, 1.807) is 5.46 Å². The molecule has 7 aromatic carbocycles. The van der Waals surface area contributed by atoms with E-state index in [1.165, 1.54) is 116 Å². The van der Waals surface area contributed by atoms with E-state index >= 15 is 0 Å². The van der Waals surface area contributed by atoms with E-state index in [1.807, 2.05) is 0 Å². The largest absolute Gasteiger partial charge is 0.310 e. The Balaban J connectivity index is 1.30. The van der Waals surface area contributed by atoms with Gasteiger partial charge in [-0.3, -0.25) is 0 Å². The molecule has 48 heavy (non-hydrogen) atoms. The third kappa shape index (κ3) is 2.30. The lowest BCUT2D eigenvalue weighted by Gasteiger charge is -2.40. The number of rotatable bonds is 3. The number of aromatic nitrogens is 2. The molecule has 14 rings (SSSR count). The van der Waals surface area contributed by atoms with E-state index in [0.717, 1.165) is 12.8 Å². The summed E-state index contributed by atoms with van der Waals surface area (Å²) in [7, 11) is 0. The fraction of sp³-hybridized carbons (Fsp3) is 0.0455. The van der Waals surface area contributed by atoms with Crippen molar-refractivity contribution in [1.82, 2.24) is 9.13 Å². The van der Waals surface area contributed by atoms with Crippen LogP contribution in [0.4, 0.5) is 0 Å². The lowest BCUT2D eigenvalue weighted by atomic mass is 9.32. The summed E-state index contributed by atoms with van der Waals surface area (Å²) in [6.07, 6.45) is 1.91. The van der Waals surface area contributed by atoms with Crippen LogP contribution in [-0.4, -0.2) is 22.6 Å². The normalized spacial score (nSPS) is 14.5. The predicted octanol–water partition coefficient (Wildman–Crippen LogP) is 5.33. The molecule has 0 fully saturated rings. The highest BCUT2D eigenvalue weighted by molar-refractivity contribution is 7.04. The Labute approximate surface area is 277 Å². The van der Waals surface area contributed by atoms with Crippen LogP contribution in [0.15, 0.2) is 121 Å². The fourth-order valence-corrected chi connectivity index (χ4v) is 11.3. The number of hydrogen-bond donors (Lipinski definition) is 0. The van der Waals surface area contributed by atoms with Gasteiger partial charge < -0.3 is 9.13 Å². The standard InChI is InChI=1S/C44H24B2N2/c1-3-11-25(12-4-1)45(26-13-5-2-6-14-26)35-33-21-23-9-7-15-29-31-19-17-27-28-18-20-32-30-16-8-10-24-22-34(35)44-38-43(33)47(39(23)29)41(31)36(27)46(38)37(28)42(32)48(44)40(24)30/h1-20H,21-22H2. The van der Waals surface area contributed by atoms with Crippen LogP contribution in [0.5, 0.6) is 0 Å². The van der Waals surface area contributed by atoms with Gasteiger partial charge in [0.25, 0.3) is 6.71 Å². The van der Waals surface area contributed by atoms with Crippen LogP contribution in [0.3, 0.4) is 0 Å². The zero-order valence-corrected chi connectivity index (χ0v) is 26.0. The van der Waals surface area contributed by atoms with Crippen LogP contribution < -0.4 is 32.8 Å². The molecular weight excluding hydrogens is 578 g/mol. The minimum Gasteiger partial charge on any atom is -0.310 e. The molecule has 216 valence electrons. The van der Waals surface area contributed by atoms with Crippen LogP contribution in [0.25, 0.3) is 66.1 Å². The van der Waals surface area contributed by atoms with E-state index in [0.29, 0.717) is 0 Å². The van der Waals surface area contributed by atoms with Crippen molar-refractivity contribution < 1.29 is 0 Å². The van der Waals surface area contributed by atoms with Gasteiger partial charge in [-0.1, -0.05) is 138 Å². The predicted molar refractivity (Wildman–Crippen MR) is 202 cm³/mol. The first-order chi connectivity index (χ1) is 23.9. The molecule has 9 aromatic rings. The molecule has 0 aliphatic carbocycles. The van der Waals surface area contributed by atoms with Crippen molar-refractivity contribution in [2.24, 2.45) is 0 Å². The summed E-state index contributed by atoms with van der Waals surface area (Å²) in [5.74, 6) is 0. The first kappa shape index (κ1) is 23.6. The topological polar surface area (TPSA) is 9.86 Å². The summed E-state index contributed by atoms with van der Waals surface area (Å²) < 4.78 is 5.49. The van der Waals surface area contributed by atoms with Crippen LogP contribution in [0, 0.1) is 0 Å².